The van der Waals surface area contributed by atoms with E-state index in [2.05, 4.69) is 0 Å². The van der Waals surface area contributed by atoms with Gasteiger partial charge in [-0.3, -0.25) is 4.79 Å². The molecule has 0 radical (unpaired) electrons. The van der Waals surface area contributed by atoms with E-state index in [1.165, 1.54) is 33.5 Å². The molecule has 0 heterocycles. The molecule has 0 aliphatic carbocycles. The van der Waals surface area contributed by atoms with Gasteiger partial charge in [0, 0.05) is 25.3 Å². The first kappa shape index (κ1) is 22.6. The second kappa shape index (κ2) is 10.2. The lowest BCUT2D eigenvalue weighted by molar-refractivity contribution is -0.121. The van der Waals surface area contributed by atoms with Crippen LogP contribution in [0.1, 0.15) is 31.1 Å². The van der Waals surface area contributed by atoms with E-state index in [1.54, 1.807) is 26.0 Å². The van der Waals surface area contributed by atoms with E-state index in [0.29, 0.717) is 25.3 Å². The number of nitrogens with zero attached hydrogens (tertiary/aromatic N) is 2. The van der Waals surface area contributed by atoms with Crippen LogP contribution in [0.4, 0.5) is 5.69 Å². The monoisotopic (exact) mass is 418 g/mol. The molecule has 0 saturated carbocycles. The Bertz CT molecular complexity index is 941. The van der Waals surface area contributed by atoms with Crippen LogP contribution in [0, 0.1) is 0 Å². The van der Waals surface area contributed by atoms with Gasteiger partial charge in [-0.15, -0.1) is 0 Å². The van der Waals surface area contributed by atoms with Crippen LogP contribution in [0.3, 0.4) is 0 Å². The van der Waals surface area contributed by atoms with Gasteiger partial charge < -0.3 is 9.64 Å². The van der Waals surface area contributed by atoms with Crippen molar-refractivity contribution >= 4 is 27.6 Å². The van der Waals surface area contributed by atoms with Crippen molar-refractivity contribution in [3.63, 3.8) is 0 Å². The molecule has 0 spiro atoms. The Labute approximate surface area is 171 Å². The standard InChI is InChI=1S/C21H26N2O5S/c1-4-22(5-2)29(26,27)19-14-10-11-17(15-19)21(25)28-16-20(24)23(6-3)18-12-8-7-9-13-18/h7-15H,4-6,16H2,1-3H3. The fourth-order valence-corrected chi connectivity index (χ4v) is 4.40. The molecule has 0 unspecified atom stereocenters. The molecule has 2 aromatic rings. The summed E-state index contributed by atoms with van der Waals surface area (Å²) in [5.41, 5.74) is 0.789. The molecule has 156 valence electrons. The number of carbonyl (C=O) groups is 2. The zero-order chi connectivity index (χ0) is 21.4. The minimum atomic E-state index is -3.69. The van der Waals surface area contributed by atoms with Crippen LogP contribution in [-0.4, -0.2) is 50.8 Å². The van der Waals surface area contributed by atoms with Gasteiger partial charge in [0.15, 0.2) is 6.61 Å². The second-order valence-electron chi connectivity index (χ2n) is 6.17. The van der Waals surface area contributed by atoms with Crippen molar-refractivity contribution in [3.8, 4) is 0 Å². The Morgan fingerprint density at radius 2 is 1.55 bits per heavy atom. The molecular weight excluding hydrogens is 392 g/mol. The molecule has 0 aliphatic rings. The fraction of sp³-hybridized carbons (Fsp3) is 0.333. The third-order valence-corrected chi connectivity index (χ3v) is 6.47. The zero-order valence-electron chi connectivity index (χ0n) is 16.9. The van der Waals surface area contributed by atoms with Crippen molar-refractivity contribution in [2.75, 3.05) is 31.1 Å². The maximum Gasteiger partial charge on any atom is 0.338 e. The predicted molar refractivity (Wildman–Crippen MR) is 111 cm³/mol. The van der Waals surface area contributed by atoms with Gasteiger partial charge in [-0.2, -0.15) is 4.31 Å². The molecule has 0 aromatic heterocycles. The van der Waals surface area contributed by atoms with Crippen molar-refractivity contribution in [2.24, 2.45) is 0 Å². The van der Waals surface area contributed by atoms with Crippen molar-refractivity contribution in [1.82, 2.24) is 4.31 Å². The lowest BCUT2D eigenvalue weighted by Crippen LogP contribution is -2.34. The summed E-state index contributed by atoms with van der Waals surface area (Å²) in [4.78, 5) is 26.4. The molecule has 0 saturated heterocycles. The Morgan fingerprint density at radius 1 is 0.897 bits per heavy atom. The number of sulfonamides is 1. The van der Waals surface area contributed by atoms with Crippen LogP contribution in [0.25, 0.3) is 0 Å². The normalized spacial score (nSPS) is 11.3. The first-order chi connectivity index (χ1) is 13.8. The fourth-order valence-electron chi connectivity index (χ4n) is 2.90. The number of esters is 1. The molecule has 0 aliphatic heterocycles. The van der Waals surface area contributed by atoms with Gasteiger partial charge in [-0.05, 0) is 37.3 Å². The first-order valence-electron chi connectivity index (χ1n) is 9.47. The molecule has 0 atom stereocenters. The maximum absolute atomic E-state index is 12.6. The number of benzene rings is 2. The zero-order valence-corrected chi connectivity index (χ0v) is 17.7. The van der Waals surface area contributed by atoms with E-state index in [9.17, 15) is 18.0 Å². The molecule has 8 heteroatoms. The highest BCUT2D eigenvalue weighted by molar-refractivity contribution is 7.89. The number of hydrogen-bond acceptors (Lipinski definition) is 5. The van der Waals surface area contributed by atoms with Gasteiger partial charge >= 0.3 is 5.97 Å². The summed E-state index contributed by atoms with van der Waals surface area (Å²) in [6.45, 7) is 5.97. The topological polar surface area (TPSA) is 84.0 Å². The van der Waals surface area contributed by atoms with Crippen LogP contribution in [0.2, 0.25) is 0 Å². The van der Waals surface area contributed by atoms with Crippen LogP contribution in [-0.2, 0) is 19.6 Å². The summed E-state index contributed by atoms with van der Waals surface area (Å²) >= 11 is 0. The van der Waals surface area contributed by atoms with E-state index in [-0.39, 0.29) is 16.4 Å². The lowest BCUT2D eigenvalue weighted by atomic mass is 10.2. The van der Waals surface area contributed by atoms with Gasteiger partial charge in [0.1, 0.15) is 0 Å². The van der Waals surface area contributed by atoms with Crippen molar-refractivity contribution in [3.05, 3.63) is 60.2 Å². The second-order valence-corrected chi connectivity index (χ2v) is 8.10. The van der Waals surface area contributed by atoms with Gasteiger partial charge in [-0.25, -0.2) is 13.2 Å². The number of hydrogen-bond donors (Lipinski definition) is 0. The third-order valence-electron chi connectivity index (χ3n) is 4.42. The van der Waals surface area contributed by atoms with Gasteiger partial charge in [0.25, 0.3) is 5.91 Å². The van der Waals surface area contributed by atoms with Crippen LogP contribution < -0.4 is 4.90 Å². The van der Waals surface area contributed by atoms with E-state index in [0.717, 1.165) is 0 Å². The predicted octanol–water partition coefficient (Wildman–Crippen LogP) is 2.93. The van der Waals surface area contributed by atoms with E-state index in [4.69, 9.17) is 4.74 Å². The highest BCUT2D eigenvalue weighted by Crippen LogP contribution is 2.18. The summed E-state index contributed by atoms with van der Waals surface area (Å²) in [5.74, 6) is -1.11. The molecular formula is C21H26N2O5S. The van der Waals surface area contributed by atoms with Gasteiger partial charge in [-0.1, -0.05) is 38.1 Å². The molecule has 0 N–H and O–H groups in total. The van der Waals surface area contributed by atoms with E-state index >= 15 is 0 Å². The summed E-state index contributed by atoms with van der Waals surface area (Å²) < 4.78 is 31.7. The van der Waals surface area contributed by atoms with E-state index in [1.807, 2.05) is 25.1 Å². The highest BCUT2D eigenvalue weighted by Gasteiger charge is 2.23. The molecule has 2 aromatic carbocycles. The maximum atomic E-state index is 12.6. The minimum absolute atomic E-state index is 0.0152. The highest BCUT2D eigenvalue weighted by atomic mass is 32.2. The number of ether oxygens (including phenoxy) is 1. The quantitative estimate of drug-likeness (QED) is 0.585. The number of rotatable bonds is 9. The smallest absolute Gasteiger partial charge is 0.338 e. The SMILES string of the molecule is CCN(C(=O)COC(=O)c1cccc(S(=O)(=O)N(CC)CC)c1)c1ccccc1. The number of likely N-dealkylation sites (N-methyl/N-ethyl adjacent to an activating group) is 1. The van der Waals surface area contributed by atoms with Crippen LogP contribution in [0.5, 0.6) is 0 Å². The largest absolute Gasteiger partial charge is 0.452 e. The number of carbonyl (C=O) groups excluding carboxylic acids is 2. The average Bonchev–Trinajstić information content (AvgIpc) is 2.74. The Kier molecular flexibility index (Phi) is 7.92. The molecule has 29 heavy (non-hydrogen) atoms. The number of amides is 1. The summed E-state index contributed by atoms with van der Waals surface area (Å²) in [6.07, 6.45) is 0. The van der Waals surface area contributed by atoms with Gasteiger partial charge in [0.2, 0.25) is 10.0 Å². The molecule has 0 bridgehead atoms. The summed E-state index contributed by atoms with van der Waals surface area (Å²) in [6, 6.07) is 14.7. The minimum Gasteiger partial charge on any atom is -0.452 e. The average molecular weight is 419 g/mol. The van der Waals surface area contributed by atoms with E-state index < -0.39 is 22.6 Å². The number of anilines is 1. The van der Waals surface area contributed by atoms with Crippen LogP contribution >= 0.6 is 0 Å². The van der Waals surface area contributed by atoms with Crippen molar-refractivity contribution < 1.29 is 22.7 Å². The Balaban J connectivity index is 2.11. The summed E-state index contributed by atoms with van der Waals surface area (Å²) in [5, 5.41) is 0. The third kappa shape index (κ3) is 5.42. The molecule has 2 rings (SSSR count). The molecule has 7 nitrogen and oxygen atoms in total. The van der Waals surface area contributed by atoms with Gasteiger partial charge in [0.05, 0.1) is 10.5 Å². The summed E-state index contributed by atoms with van der Waals surface area (Å²) in [7, 11) is -3.69. The van der Waals surface area contributed by atoms with Crippen molar-refractivity contribution in [2.45, 2.75) is 25.7 Å². The first-order valence-corrected chi connectivity index (χ1v) is 10.9. The molecule has 1 amide bonds. The van der Waals surface area contributed by atoms with Crippen molar-refractivity contribution in [1.29, 1.82) is 0 Å². The molecule has 0 fully saturated rings. The van der Waals surface area contributed by atoms with Crippen LogP contribution in [0.15, 0.2) is 59.5 Å². The Hall–Kier alpha value is -2.71. The Morgan fingerprint density at radius 3 is 2.14 bits per heavy atom. The number of para-hydroxylation sites is 1. The lowest BCUT2D eigenvalue weighted by Gasteiger charge is -2.21.